The van der Waals surface area contributed by atoms with Gasteiger partial charge in [0, 0.05) is 0 Å². The largest absolute Gasteiger partial charge is 0.389 e. The first kappa shape index (κ1) is 12.5. The molecule has 0 aliphatic heterocycles. The van der Waals surface area contributed by atoms with Crippen LogP contribution in [0.3, 0.4) is 0 Å². The fourth-order valence-electron chi connectivity index (χ4n) is 2.71. The van der Waals surface area contributed by atoms with Crippen LogP contribution in [0.1, 0.15) is 65.2 Å². The maximum Gasteiger partial charge on any atom is 0.0857 e. The molecule has 15 heavy (non-hydrogen) atoms. The van der Waals surface area contributed by atoms with Crippen molar-refractivity contribution < 1.29 is 5.11 Å². The highest BCUT2D eigenvalue weighted by Gasteiger charge is 2.48. The Morgan fingerprint density at radius 2 is 1.93 bits per heavy atom. The number of nitriles is 1. The molecule has 0 heterocycles. The molecule has 1 saturated carbocycles. The van der Waals surface area contributed by atoms with Gasteiger partial charge in [-0.05, 0) is 26.2 Å². The summed E-state index contributed by atoms with van der Waals surface area (Å²) in [4.78, 5) is 0. The Labute approximate surface area is 93.3 Å². The molecule has 1 rings (SSSR count). The Kier molecular flexibility index (Phi) is 4.16. The molecule has 0 bridgehead atoms. The van der Waals surface area contributed by atoms with Gasteiger partial charge in [0.1, 0.15) is 0 Å². The van der Waals surface area contributed by atoms with E-state index in [2.05, 4.69) is 13.0 Å². The molecule has 0 saturated heterocycles. The number of hydrogen-bond donors (Lipinski definition) is 1. The van der Waals surface area contributed by atoms with Gasteiger partial charge in [-0.2, -0.15) is 5.26 Å². The molecular weight excluding hydrogens is 186 g/mol. The van der Waals surface area contributed by atoms with Crippen LogP contribution in [-0.2, 0) is 0 Å². The summed E-state index contributed by atoms with van der Waals surface area (Å²) in [6, 6.07) is 2.39. The maximum atomic E-state index is 10.5. The van der Waals surface area contributed by atoms with Gasteiger partial charge in [0.2, 0.25) is 0 Å². The van der Waals surface area contributed by atoms with E-state index in [0.717, 1.165) is 51.4 Å². The third-order valence-electron chi connectivity index (χ3n) is 3.97. The smallest absolute Gasteiger partial charge is 0.0857 e. The first-order valence-electron chi connectivity index (χ1n) is 6.21. The zero-order valence-corrected chi connectivity index (χ0v) is 10.1. The standard InChI is InChI=1S/C13H23NO/c1-3-4-5-8-12(2,15)13(11-14)9-6-7-10-13/h15H,3-10H2,1-2H3. The molecule has 1 atom stereocenters. The molecule has 0 aromatic rings. The van der Waals surface area contributed by atoms with Crippen LogP contribution in [0.5, 0.6) is 0 Å². The topological polar surface area (TPSA) is 44.0 Å². The highest BCUT2D eigenvalue weighted by molar-refractivity contribution is 5.11. The van der Waals surface area contributed by atoms with Crippen LogP contribution in [-0.4, -0.2) is 10.7 Å². The van der Waals surface area contributed by atoms with Gasteiger partial charge in [-0.25, -0.2) is 0 Å². The summed E-state index contributed by atoms with van der Waals surface area (Å²) in [7, 11) is 0. The second-order valence-electron chi connectivity index (χ2n) is 5.13. The Morgan fingerprint density at radius 3 is 2.40 bits per heavy atom. The summed E-state index contributed by atoms with van der Waals surface area (Å²) in [5, 5.41) is 19.8. The Bertz CT molecular complexity index is 233. The molecule has 2 heteroatoms. The highest BCUT2D eigenvalue weighted by atomic mass is 16.3. The molecule has 1 fully saturated rings. The van der Waals surface area contributed by atoms with Crippen molar-refractivity contribution in [2.75, 3.05) is 0 Å². The molecule has 0 amide bonds. The number of unbranched alkanes of at least 4 members (excludes halogenated alkanes) is 2. The van der Waals surface area contributed by atoms with Crippen molar-refractivity contribution in [1.82, 2.24) is 0 Å². The molecule has 86 valence electrons. The molecule has 1 unspecified atom stereocenters. The van der Waals surface area contributed by atoms with Crippen LogP contribution < -0.4 is 0 Å². The van der Waals surface area contributed by atoms with Gasteiger partial charge in [0.05, 0.1) is 17.1 Å². The molecule has 2 nitrogen and oxygen atoms in total. The van der Waals surface area contributed by atoms with Crippen molar-refractivity contribution in [2.24, 2.45) is 5.41 Å². The number of nitrogens with zero attached hydrogens (tertiary/aromatic N) is 1. The van der Waals surface area contributed by atoms with Crippen molar-refractivity contribution in [3.63, 3.8) is 0 Å². The summed E-state index contributed by atoms with van der Waals surface area (Å²) in [6.45, 7) is 4.02. The minimum absolute atomic E-state index is 0.458. The van der Waals surface area contributed by atoms with Crippen molar-refractivity contribution in [3.05, 3.63) is 0 Å². The lowest BCUT2D eigenvalue weighted by Crippen LogP contribution is -2.43. The van der Waals surface area contributed by atoms with Gasteiger partial charge in [-0.15, -0.1) is 0 Å². The van der Waals surface area contributed by atoms with Crippen LogP contribution >= 0.6 is 0 Å². The molecule has 0 aromatic heterocycles. The predicted octanol–water partition coefficient (Wildman–Crippen LogP) is 3.40. The van der Waals surface area contributed by atoms with E-state index in [1.807, 2.05) is 6.92 Å². The van der Waals surface area contributed by atoms with E-state index in [9.17, 15) is 10.4 Å². The van der Waals surface area contributed by atoms with Gasteiger partial charge in [0.25, 0.3) is 0 Å². The van der Waals surface area contributed by atoms with Crippen molar-refractivity contribution in [3.8, 4) is 6.07 Å². The fourth-order valence-corrected chi connectivity index (χ4v) is 2.71. The second-order valence-corrected chi connectivity index (χ2v) is 5.13. The lowest BCUT2D eigenvalue weighted by atomic mass is 9.70. The molecular formula is C13H23NO. The summed E-state index contributed by atoms with van der Waals surface area (Å²) in [5.41, 5.74) is -1.24. The summed E-state index contributed by atoms with van der Waals surface area (Å²) in [5.74, 6) is 0. The average molecular weight is 209 g/mol. The minimum atomic E-state index is -0.784. The van der Waals surface area contributed by atoms with Crippen LogP contribution in [0.15, 0.2) is 0 Å². The van der Waals surface area contributed by atoms with E-state index in [1.165, 1.54) is 0 Å². The third-order valence-corrected chi connectivity index (χ3v) is 3.97. The van der Waals surface area contributed by atoms with Crippen molar-refractivity contribution >= 4 is 0 Å². The normalized spacial score (nSPS) is 23.3. The van der Waals surface area contributed by atoms with Gasteiger partial charge in [-0.3, -0.25) is 0 Å². The average Bonchev–Trinajstić information content (AvgIpc) is 2.67. The van der Waals surface area contributed by atoms with E-state index >= 15 is 0 Å². The minimum Gasteiger partial charge on any atom is -0.389 e. The zero-order chi connectivity index (χ0) is 11.4. The fraction of sp³-hybridized carbons (Fsp3) is 0.923. The second kappa shape index (κ2) is 4.99. The van der Waals surface area contributed by atoms with Crippen molar-refractivity contribution in [1.29, 1.82) is 5.26 Å². The van der Waals surface area contributed by atoms with Gasteiger partial charge in [0.15, 0.2) is 0 Å². The zero-order valence-electron chi connectivity index (χ0n) is 10.1. The van der Waals surface area contributed by atoms with E-state index in [-0.39, 0.29) is 0 Å². The molecule has 0 radical (unpaired) electrons. The first-order valence-corrected chi connectivity index (χ1v) is 6.21. The molecule has 1 aliphatic rings. The summed E-state index contributed by atoms with van der Waals surface area (Å²) >= 11 is 0. The molecule has 0 aromatic carbocycles. The molecule has 0 spiro atoms. The SMILES string of the molecule is CCCCCC(C)(O)C1(C#N)CCCC1. The first-order chi connectivity index (χ1) is 7.08. The lowest BCUT2D eigenvalue weighted by molar-refractivity contribution is -0.0450. The summed E-state index contributed by atoms with van der Waals surface area (Å²) < 4.78 is 0. The molecule has 1 N–H and O–H groups in total. The Balaban J connectivity index is 2.61. The van der Waals surface area contributed by atoms with Crippen LogP contribution in [0.25, 0.3) is 0 Å². The predicted molar refractivity (Wildman–Crippen MR) is 61.3 cm³/mol. The highest BCUT2D eigenvalue weighted by Crippen LogP contribution is 2.47. The van der Waals surface area contributed by atoms with E-state index in [4.69, 9.17) is 0 Å². The Morgan fingerprint density at radius 1 is 1.33 bits per heavy atom. The van der Waals surface area contributed by atoms with Crippen molar-refractivity contribution in [2.45, 2.75) is 70.8 Å². The van der Waals surface area contributed by atoms with Crippen LogP contribution in [0, 0.1) is 16.7 Å². The number of rotatable bonds is 5. The van der Waals surface area contributed by atoms with Gasteiger partial charge >= 0.3 is 0 Å². The monoisotopic (exact) mass is 209 g/mol. The van der Waals surface area contributed by atoms with Gasteiger partial charge in [-0.1, -0.05) is 39.0 Å². The van der Waals surface area contributed by atoms with E-state index < -0.39 is 11.0 Å². The Hall–Kier alpha value is -0.550. The third kappa shape index (κ3) is 2.52. The van der Waals surface area contributed by atoms with Crippen LogP contribution in [0.4, 0.5) is 0 Å². The van der Waals surface area contributed by atoms with E-state index in [1.54, 1.807) is 0 Å². The number of aliphatic hydroxyl groups is 1. The lowest BCUT2D eigenvalue weighted by Gasteiger charge is -2.37. The quantitative estimate of drug-likeness (QED) is 0.705. The van der Waals surface area contributed by atoms with Gasteiger partial charge < -0.3 is 5.11 Å². The maximum absolute atomic E-state index is 10.5. The summed E-state index contributed by atoms with van der Waals surface area (Å²) in [6.07, 6.45) is 8.06. The van der Waals surface area contributed by atoms with Crippen LogP contribution in [0.2, 0.25) is 0 Å². The van der Waals surface area contributed by atoms with E-state index in [0.29, 0.717) is 0 Å². The number of hydrogen-bond acceptors (Lipinski definition) is 2. The molecule has 1 aliphatic carbocycles.